The summed E-state index contributed by atoms with van der Waals surface area (Å²) in [7, 11) is 2.29. The van der Waals surface area contributed by atoms with Crippen LogP contribution in [0.5, 0.6) is 0 Å². The summed E-state index contributed by atoms with van der Waals surface area (Å²) in [4.78, 5) is 5.30. The van der Waals surface area contributed by atoms with Crippen LogP contribution in [0.4, 0.5) is 0 Å². The van der Waals surface area contributed by atoms with Crippen LogP contribution in [0.3, 0.4) is 0 Å². The standard InChI is InChI=1S/C15H31N3S/c1-12(7-8-19-4)17(3)15(10-16)9-13(2)18(11-15)14-5-6-14/h12-14H,5-11,16H2,1-4H3. The van der Waals surface area contributed by atoms with Crippen LogP contribution >= 0.6 is 11.8 Å². The Morgan fingerprint density at radius 1 is 1.47 bits per heavy atom. The molecular formula is C15H31N3S. The average Bonchev–Trinajstić information content (AvgIpc) is 3.19. The van der Waals surface area contributed by atoms with Gasteiger partial charge in [0.15, 0.2) is 0 Å². The molecule has 3 atom stereocenters. The molecule has 1 aliphatic heterocycles. The highest BCUT2D eigenvalue weighted by Crippen LogP contribution is 2.39. The molecule has 0 radical (unpaired) electrons. The summed E-state index contributed by atoms with van der Waals surface area (Å²) in [5.41, 5.74) is 6.42. The second kappa shape index (κ2) is 6.33. The molecule has 3 unspecified atom stereocenters. The molecule has 4 heteroatoms. The summed E-state index contributed by atoms with van der Waals surface area (Å²) in [5.74, 6) is 1.24. The zero-order chi connectivity index (χ0) is 14.0. The van der Waals surface area contributed by atoms with Gasteiger partial charge in [0, 0.05) is 36.8 Å². The first-order chi connectivity index (χ1) is 9.04. The summed E-state index contributed by atoms with van der Waals surface area (Å²) >= 11 is 1.94. The number of rotatable bonds is 7. The van der Waals surface area contributed by atoms with Gasteiger partial charge in [-0.05, 0) is 58.6 Å². The first-order valence-electron chi connectivity index (χ1n) is 7.72. The van der Waals surface area contributed by atoms with Crippen LogP contribution in [0.15, 0.2) is 0 Å². The van der Waals surface area contributed by atoms with Gasteiger partial charge in [-0.25, -0.2) is 0 Å². The first-order valence-corrected chi connectivity index (χ1v) is 9.11. The summed E-state index contributed by atoms with van der Waals surface area (Å²) in [6.45, 7) is 6.71. The average molecular weight is 286 g/mol. The quantitative estimate of drug-likeness (QED) is 0.776. The van der Waals surface area contributed by atoms with Gasteiger partial charge in [-0.3, -0.25) is 9.80 Å². The molecule has 1 saturated heterocycles. The van der Waals surface area contributed by atoms with Crippen LogP contribution in [-0.4, -0.2) is 65.6 Å². The van der Waals surface area contributed by atoms with Gasteiger partial charge < -0.3 is 5.73 Å². The van der Waals surface area contributed by atoms with Crippen molar-refractivity contribution in [1.82, 2.24) is 9.80 Å². The van der Waals surface area contributed by atoms with Gasteiger partial charge >= 0.3 is 0 Å². The highest BCUT2D eigenvalue weighted by Gasteiger charge is 2.49. The molecule has 2 rings (SSSR count). The van der Waals surface area contributed by atoms with Crippen molar-refractivity contribution in [2.45, 2.75) is 63.2 Å². The van der Waals surface area contributed by atoms with Gasteiger partial charge in [-0.2, -0.15) is 11.8 Å². The van der Waals surface area contributed by atoms with Crippen LogP contribution in [0, 0.1) is 0 Å². The molecule has 19 heavy (non-hydrogen) atoms. The van der Waals surface area contributed by atoms with E-state index in [9.17, 15) is 0 Å². The normalized spacial score (nSPS) is 34.1. The van der Waals surface area contributed by atoms with Crippen LogP contribution in [0.2, 0.25) is 0 Å². The number of nitrogens with zero attached hydrogens (tertiary/aromatic N) is 2. The molecule has 0 aromatic carbocycles. The monoisotopic (exact) mass is 285 g/mol. The third-order valence-electron chi connectivity index (χ3n) is 5.26. The number of hydrogen-bond donors (Lipinski definition) is 1. The minimum Gasteiger partial charge on any atom is -0.329 e. The fraction of sp³-hybridized carbons (Fsp3) is 1.00. The lowest BCUT2D eigenvalue weighted by Crippen LogP contribution is -2.57. The van der Waals surface area contributed by atoms with Gasteiger partial charge in [0.05, 0.1) is 0 Å². The summed E-state index contributed by atoms with van der Waals surface area (Å²) in [6.07, 6.45) is 7.49. The molecule has 0 amide bonds. The molecule has 2 fully saturated rings. The number of likely N-dealkylation sites (tertiary alicyclic amines) is 1. The molecule has 0 aromatic heterocycles. The molecule has 112 valence electrons. The lowest BCUT2D eigenvalue weighted by atomic mass is 9.92. The second-order valence-corrected chi connectivity index (χ2v) is 7.61. The van der Waals surface area contributed by atoms with Crippen LogP contribution in [0.1, 0.15) is 39.5 Å². The molecule has 1 aliphatic carbocycles. The van der Waals surface area contributed by atoms with Gasteiger partial charge in [0.25, 0.3) is 0 Å². The van der Waals surface area contributed by atoms with E-state index in [1.165, 1.54) is 38.0 Å². The van der Waals surface area contributed by atoms with Crippen LogP contribution < -0.4 is 5.73 Å². The van der Waals surface area contributed by atoms with Gasteiger partial charge in [0.2, 0.25) is 0 Å². The molecule has 0 bridgehead atoms. The van der Waals surface area contributed by atoms with Crippen molar-refractivity contribution in [3.63, 3.8) is 0 Å². The van der Waals surface area contributed by atoms with E-state index in [-0.39, 0.29) is 5.54 Å². The van der Waals surface area contributed by atoms with Gasteiger partial charge in [-0.1, -0.05) is 0 Å². The number of likely N-dealkylation sites (N-methyl/N-ethyl adjacent to an activating group) is 1. The Hall–Kier alpha value is 0.230. The van der Waals surface area contributed by atoms with E-state index < -0.39 is 0 Å². The number of nitrogens with two attached hydrogens (primary N) is 1. The van der Waals surface area contributed by atoms with Gasteiger partial charge in [0.1, 0.15) is 0 Å². The van der Waals surface area contributed by atoms with Crippen LogP contribution in [0.25, 0.3) is 0 Å². The largest absolute Gasteiger partial charge is 0.329 e. The predicted molar refractivity (Wildman–Crippen MR) is 85.8 cm³/mol. The fourth-order valence-electron chi connectivity index (χ4n) is 3.62. The Morgan fingerprint density at radius 3 is 2.68 bits per heavy atom. The first kappa shape index (κ1) is 15.6. The maximum absolute atomic E-state index is 6.21. The number of hydrogen-bond acceptors (Lipinski definition) is 4. The second-order valence-electron chi connectivity index (χ2n) is 6.63. The molecule has 1 saturated carbocycles. The van der Waals surface area contributed by atoms with Crippen molar-refractivity contribution in [3.8, 4) is 0 Å². The van der Waals surface area contributed by atoms with Crippen molar-refractivity contribution in [2.24, 2.45) is 5.73 Å². The smallest absolute Gasteiger partial charge is 0.0473 e. The highest BCUT2D eigenvalue weighted by atomic mass is 32.2. The topological polar surface area (TPSA) is 32.5 Å². The van der Waals surface area contributed by atoms with Crippen LogP contribution in [-0.2, 0) is 0 Å². The Bertz CT molecular complexity index is 295. The maximum atomic E-state index is 6.21. The van der Waals surface area contributed by atoms with E-state index in [0.717, 1.165) is 12.6 Å². The Balaban J connectivity index is 2.01. The lowest BCUT2D eigenvalue weighted by Gasteiger charge is -2.42. The third kappa shape index (κ3) is 3.29. The predicted octanol–water partition coefficient (Wildman–Crippen LogP) is 2.01. The lowest BCUT2D eigenvalue weighted by molar-refractivity contribution is 0.0871. The van der Waals surface area contributed by atoms with E-state index in [4.69, 9.17) is 5.73 Å². The minimum atomic E-state index is 0.208. The zero-order valence-electron chi connectivity index (χ0n) is 13.1. The molecule has 1 heterocycles. The molecule has 0 aromatic rings. The van der Waals surface area contributed by atoms with Crippen molar-refractivity contribution < 1.29 is 0 Å². The minimum absolute atomic E-state index is 0.208. The zero-order valence-corrected chi connectivity index (χ0v) is 13.9. The highest BCUT2D eigenvalue weighted by molar-refractivity contribution is 7.98. The fourth-order valence-corrected chi connectivity index (χ4v) is 4.20. The van der Waals surface area contributed by atoms with E-state index in [0.29, 0.717) is 12.1 Å². The molecule has 2 N–H and O–H groups in total. The van der Waals surface area contributed by atoms with Crippen molar-refractivity contribution in [1.29, 1.82) is 0 Å². The Morgan fingerprint density at radius 2 is 2.16 bits per heavy atom. The van der Waals surface area contributed by atoms with Gasteiger partial charge in [-0.15, -0.1) is 0 Å². The summed E-state index contributed by atoms with van der Waals surface area (Å²) in [6, 6.07) is 2.19. The molecule has 3 nitrogen and oxygen atoms in total. The molecule has 2 aliphatic rings. The van der Waals surface area contributed by atoms with E-state index in [2.05, 4.69) is 37.0 Å². The number of thioether (sulfide) groups is 1. The van der Waals surface area contributed by atoms with E-state index in [1.54, 1.807) is 0 Å². The van der Waals surface area contributed by atoms with E-state index in [1.807, 2.05) is 11.8 Å². The van der Waals surface area contributed by atoms with Crippen molar-refractivity contribution in [2.75, 3.05) is 32.1 Å². The Labute approximate surface area is 123 Å². The maximum Gasteiger partial charge on any atom is 0.0473 e. The Kier molecular flexibility index (Phi) is 5.21. The SMILES string of the molecule is CSCCC(C)N(C)C1(CN)CC(C)N(C2CC2)C1. The summed E-state index contributed by atoms with van der Waals surface area (Å²) in [5, 5.41) is 0. The van der Waals surface area contributed by atoms with E-state index >= 15 is 0 Å². The summed E-state index contributed by atoms with van der Waals surface area (Å²) < 4.78 is 0. The third-order valence-corrected chi connectivity index (χ3v) is 5.91. The van der Waals surface area contributed by atoms with Crippen molar-refractivity contribution >= 4 is 11.8 Å². The molecular weight excluding hydrogens is 254 g/mol. The van der Waals surface area contributed by atoms with Crippen molar-refractivity contribution in [3.05, 3.63) is 0 Å². The molecule has 0 spiro atoms.